The second-order valence-corrected chi connectivity index (χ2v) is 13.2. The maximum absolute atomic E-state index is 13.3. The van der Waals surface area contributed by atoms with Crippen molar-refractivity contribution in [1.82, 2.24) is 0 Å². The summed E-state index contributed by atoms with van der Waals surface area (Å²) in [5.41, 5.74) is 1.48. The SMILES string of the molecule is CC[Si](CC)(CC)OC[C@@H](OC(C)=O)[C@@H](CC(=O)c1ccc(OC)cc1)c1ccc(OC)cc1. The van der Waals surface area contributed by atoms with Crippen LogP contribution in [0.5, 0.6) is 11.5 Å². The first-order chi connectivity index (χ1) is 16.3. The van der Waals surface area contributed by atoms with E-state index in [4.69, 9.17) is 18.6 Å². The molecule has 34 heavy (non-hydrogen) atoms. The van der Waals surface area contributed by atoms with Gasteiger partial charge in [-0.2, -0.15) is 0 Å². The van der Waals surface area contributed by atoms with E-state index in [0.29, 0.717) is 11.3 Å². The third-order valence-electron chi connectivity index (χ3n) is 6.61. The van der Waals surface area contributed by atoms with Crippen LogP contribution in [-0.4, -0.2) is 47.0 Å². The second-order valence-electron chi connectivity index (χ2n) is 8.44. The number of rotatable bonds is 14. The molecule has 0 bridgehead atoms. The van der Waals surface area contributed by atoms with Gasteiger partial charge in [-0.15, -0.1) is 0 Å². The van der Waals surface area contributed by atoms with E-state index in [2.05, 4.69) is 20.8 Å². The zero-order valence-electron chi connectivity index (χ0n) is 21.3. The summed E-state index contributed by atoms with van der Waals surface area (Å²) in [5, 5.41) is 0. The summed E-state index contributed by atoms with van der Waals surface area (Å²) in [7, 11) is 1.28. The van der Waals surface area contributed by atoms with Gasteiger partial charge < -0.3 is 18.6 Å². The van der Waals surface area contributed by atoms with Gasteiger partial charge in [0.1, 0.15) is 17.6 Å². The maximum Gasteiger partial charge on any atom is 0.303 e. The van der Waals surface area contributed by atoms with E-state index >= 15 is 0 Å². The third-order valence-corrected chi connectivity index (χ3v) is 11.3. The summed E-state index contributed by atoms with van der Waals surface area (Å²) in [5.74, 6) is 0.626. The Hall–Kier alpha value is -2.64. The minimum absolute atomic E-state index is 0.0365. The van der Waals surface area contributed by atoms with Crippen LogP contribution < -0.4 is 9.47 Å². The third kappa shape index (κ3) is 7.43. The van der Waals surface area contributed by atoms with Crippen LogP contribution in [0.15, 0.2) is 48.5 Å². The van der Waals surface area contributed by atoms with E-state index in [1.54, 1.807) is 38.5 Å². The molecule has 0 N–H and O–H groups in total. The molecule has 0 saturated carbocycles. The molecule has 0 saturated heterocycles. The fourth-order valence-corrected chi connectivity index (χ4v) is 6.80. The summed E-state index contributed by atoms with van der Waals surface area (Å²) >= 11 is 0. The van der Waals surface area contributed by atoms with Gasteiger partial charge in [-0.3, -0.25) is 9.59 Å². The normalized spacial score (nSPS) is 13.1. The van der Waals surface area contributed by atoms with Crippen molar-refractivity contribution in [2.45, 2.75) is 64.3 Å². The molecule has 0 heterocycles. The van der Waals surface area contributed by atoms with Crippen LogP contribution >= 0.6 is 0 Å². The first-order valence-electron chi connectivity index (χ1n) is 11.9. The van der Waals surface area contributed by atoms with Gasteiger partial charge in [0.25, 0.3) is 0 Å². The topological polar surface area (TPSA) is 71.1 Å². The Kier molecular flexibility index (Phi) is 10.8. The lowest BCUT2D eigenvalue weighted by Gasteiger charge is -2.33. The Morgan fingerprint density at radius 2 is 1.32 bits per heavy atom. The molecule has 6 nitrogen and oxygen atoms in total. The number of methoxy groups -OCH3 is 2. The highest BCUT2D eigenvalue weighted by atomic mass is 28.4. The number of hydrogen-bond donors (Lipinski definition) is 0. The van der Waals surface area contributed by atoms with Crippen LogP contribution in [0, 0.1) is 0 Å². The molecule has 0 radical (unpaired) electrons. The van der Waals surface area contributed by atoms with Crippen LogP contribution in [0.1, 0.15) is 56.0 Å². The number of benzene rings is 2. The first-order valence-corrected chi connectivity index (χ1v) is 14.5. The smallest absolute Gasteiger partial charge is 0.303 e. The second kappa shape index (κ2) is 13.3. The van der Waals surface area contributed by atoms with E-state index in [9.17, 15) is 9.59 Å². The Morgan fingerprint density at radius 3 is 1.76 bits per heavy atom. The highest BCUT2D eigenvalue weighted by molar-refractivity contribution is 6.73. The van der Waals surface area contributed by atoms with Crippen LogP contribution in [0.4, 0.5) is 0 Å². The summed E-state index contributed by atoms with van der Waals surface area (Å²) in [6.07, 6.45) is -0.400. The Balaban J connectivity index is 2.39. The monoisotopic (exact) mass is 486 g/mol. The van der Waals surface area contributed by atoms with Crippen molar-refractivity contribution < 1.29 is 28.2 Å². The Morgan fingerprint density at radius 1 is 0.824 bits per heavy atom. The molecule has 0 aliphatic heterocycles. The van der Waals surface area contributed by atoms with Crippen molar-refractivity contribution in [3.05, 3.63) is 59.7 Å². The molecule has 2 atom stereocenters. The zero-order chi connectivity index (χ0) is 25.1. The Bertz CT molecular complexity index is 897. The number of ketones is 1. The fourth-order valence-electron chi connectivity index (χ4n) is 4.17. The zero-order valence-corrected chi connectivity index (χ0v) is 22.3. The lowest BCUT2D eigenvalue weighted by molar-refractivity contribution is -0.149. The lowest BCUT2D eigenvalue weighted by Crippen LogP contribution is -2.41. The molecule has 0 spiro atoms. The molecule has 0 amide bonds. The number of carbonyl (C=O) groups excluding carboxylic acids is 2. The molecular formula is C27H38O6Si. The Labute approximate surface area is 204 Å². The highest BCUT2D eigenvalue weighted by Crippen LogP contribution is 2.31. The van der Waals surface area contributed by atoms with Gasteiger partial charge in [-0.1, -0.05) is 32.9 Å². The average Bonchev–Trinajstić information content (AvgIpc) is 2.87. The van der Waals surface area contributed by atoms with Gasteiger partial charge in [0.2, 0.25) is 0 Å². The predicted octanol–water partition coefficient (Wildman–Crippen LogP) is 6.01. The van der Waals surface area contributed by atoms with Crippen molar-refractivity contribution in [2.24, 2.45) is 0 Å². The number of Topliss-reactive ketones (excluding diaryl/α,β-unsaturated/α-hetero) is 1. The van der Waals surface area contributed by atoms with Crippen LogP contribution in [0.2, 0.25) is 18.1 Å². The lowest BCUT2D eigenvalue weighted by atomic mass is 9.87. The maximum atomic E-state index is 13.3. The van der Waals surface area contributed by atoms with Crippen LogP contribution in [0.25, 0.3) is 0 Å². The molecule has 2 aromatic rings. The van der Waals surface area contributed by atoms with Crippen molar-refractivity contribution in [3.63, 3.8) is 0 Å². The van der Waals surface area contributed by atoms with Crippen molar-refractivity contribution in [2.75, 3.05) is 20.8 Å². The van der Waals surface area contributed by atoms with Crippen molar-refractivity contribution in [3.8, 4) is 11.5 Å². The van der Waals surface area contributed by atoms with E-state index in [1.807, 2.05) is 24.3 Å². The van der Waals surface area contributed by atoms with Crippen molar-refractivity contribution >= 4 is 20.1 Å². The highest BCUT2D eigenvalue weighted by Gasteiger charge is 2.34. The minimum Gasteiger partial charge on any atom is -0.497 e. The molecule has 0 fully saturated rings. The summed E-state index contributed by atoms with van der Waals surface area (Å²) < 4.78 is 22.8. The van der Waals surface area contributed by atoms with Gasteiger partial charge in [0.15, 0.2) is 14.1 Å². The molecule has 0 unspecified atom stereocenters. The molecule has 2 rings (SSSR count). The van der Waals surface area contributed by atoms with E-state index in [1.165, 1.54) is 6.92 Å². The van der Waals surface area contributed by atoms with Crippen LogP contribution in [0.3, 0.4) is 0 Å². The van der Waals surface area contributed by atoms with E-state index in [0.717, 1.165) is 29.4 Å². The molecule has 0 aromatic heterocycles. The first kappa shape index (κ1) is 27.6. The fraction of sp³-hybridized carbons (Fsp3) is 0.481. The standard InChI is InChI=1S/C27H38O6Si/c1-7-34(8-2,9-3)32-19-27(33-20(4)28)25(21-10-14-23(30-5)15-11-21)18-26(29)22-12-16-24(31-6)17-13-22/h10-17,25,27H,7-9,18-19H2,1-6H3/t25-,27+/m0/s1. The van der Waals surface area contributed by atoms with Crippen LogP contribution in [-0.2, 0) is 14.0 Å². The quantitative estimate of drug-likeness (QED) is 0.185. The largest absolute Gasteiger partial charge is 0.497 e. The average molecular weight is 487 g/mol. The number of carbonyl (C=O) groups is 2. The van der Waals surface area contributed by atoms with Gasteiger partial charge in [0, 0.05) is 24.8 Å². The van der Waals surface area contributed by atoms with Gasteiger partial charge in [-0.25, -0.2) is 0 Å². The number of esters is 1. The van der Waals surface area contributed by atoms with E-state index < -0.39 is 14.4 Å². The molecule has 2 aromatic carbocycles. The van der Waals surface area contributed by atoms with Gasteiger partial charge in [0.05, 0.1) is 20.8 Å². The summed E-state index contributed by atoms with van der Waals surface area (Å²) in [6, 6.07) is 17.6. The van der Waals surface area contributed by atoms with Crippen molar-refractivity contribution in [1.29, 1.82) is 0 Å². The van der Waals surface area contributed by atoms with Gasteiger partial charge in [-0.05, 0) is 60.1 Å². The molecule has 0 aliphatic carbocycles. The minimum atomic E-state index is -1.92. The van der Waals surface area contributed by atoms with Gasteiger partial charge >= 0.3 is 5.97 Å². The molecular weight excluding hydrogens is 448 g/mol. The number of ether oxygens (including phenoxy) is 3. The number of hydrogen-bond acceptors (Lipinski definition) is 6. The summed E-state index contributed by atoms with van der Waals surface area (Å²) in [4.78, 5) is 25.3. The predicted molar refractivity (Wildman–Crippen MR) is 136 cm³/mol. The summed E-state index contributed by atoms with van der Waals surface area (Å²) in [6.45, 7) is 8.15. The molecule has 186 valence electrons. The molecule has 7 heteroatoms. The molecule has 0 aliphatic rings. The van der Waals surface area contributed by atoms with E-state index in [-0.39, 0.29) is 30.7 Å².